The zero-order valence-electron chi connectivity index (χ0n) is 12.9. The van der Waals surface area contributed by atoms with Crippen LogP contribution in [0.5, 0.6) is 5.75 Å². The minimum Gasteiger partial charge on any atom is -0.471 e. The number of rotatable bonds is 5. The predicted molar refractivity (Wildman–Crippen MR) is 101 cm³/mol. The lowest BCUT2D eigenvalue weighted by atomic mass is 10.3. The molecule has 128 valence electrons. The second-order valence-electron chi connectivity index (χ2n) is 5.08. The molecule has 3 aromatic rings. The summed E-state index contributed by atoms with van der Waals surface area (Å²) >= 11 is 9.18. The van der Waals surface area contributed by atoms with Gasteiger partial charge in [0, 0.05) is 15.2 Å². The van der Waals surface area contributed by atoms with Gasteiger partial charge in [-0.25, -0.2) is 9.48 Å². The third-order valence-corrected chi connectivity index (χ3v) is 3.95. The summed E-state index contributed by atoms with van der Waals surface area (Å²) in [5.41, 5.74) is 1.21. The fourth-order valence-electron chi connectivity index (χ4n) is 2.00. The van der Waals surface area contributed by atoms with Gasteiger partial charge in [0.15, 0.2) is 6.73 Å². The van der Waals surface area contributed by atoms with E-state index in [0.717, 1.165) is 10.2 Å². The molecule has 8 heteroatoms. The van der Waals surface area contributed by atoms with Gasteiger partial charge in [-0.15, -0.1) is 0 Å². The maximum absolute atomic E-state index is 12.0. The van der Waals surface area contributed by atoms with Crippen molar-refractivity contribution in [2.24, 2.45) is 0 Å². The Hall–Kier alpha value is -2.51. The van der Waals surface area contributed by atoms with Crippen LogP contribution in [0.4, 0.5) is 16.2 Å². The van der Waals surface area contributed by atoms with Crippen molar-refractivity contribution in [3.05, 3.63) is 70.4 Å². The standard InChI is InChI=1S/C17H14BrClN4O2/c18-12-1-7-16(8-2-12)25-11-23-10-15(9-20-23)22-17(24)21-14-5-3-13(19)4-6-14/h1-10H,11H2,(H2,21,22,24). The molecule has 0 aliphatic rings. The molecule has 0 saturated heterocycles. The Bertz CT molecular complexity index is 850. The number of carbonyl (C=O) groups is 1. The first-order valence-corrected chi connectivity index (χ1v) is 8.50. The number of hydrogen-bond donors (Lipinski definition) is 2. The van der Waals surface area contributed by atoms with Gasteiger partial charge in [-0.05, 0) is 48.5 Å². The van der Waals surface area contributed by atoms with Gasteiger partial charge in [-0.2, -0.15) is 5.10 Å². The minimum absolute atomic E-state index is 0.238. The number of carbonyl (C=O) groups excluding carboxylic acids is 1. The van der Waals surface area contributed by atoms with Gasteiger partial charge in [-0.1, -0.05) is 27.5 Å². The van der Waals surface area contributed by atoms with Gasteiger partial charge in [0.1, 0.15) is 5.75 Å². The van der Waals surface area contributed by atoms with Gasteiger partial charge in [-0.3, -0.25) is 0 Å². The molecule has 0 aliphatic carbocycles. The van der Waals surface area contributed by atoms with Crippen molar-refractivity contribution in [2.45, 2.75) is 6.73 Å². The van der Waals surface area contributed by atoms with E-state index in [1.807, 2.05) is 24.3 Å². The van der Waals surface area contributed by atoms with Crippen molar-refractivity contribution in [3.8, 4) is 5.75 Å². The van der Waals surface area contributed by atoms with Crippen LogP contribution in [0.15, 0.2) is 65.4 Å². The molecule has 6 nitrogen and oxygen atoms in total. The number of nitrogens with zero attached hydrogens (tertiary/aromatic N) is 2. The van der Waals surface area contributed by atoms with Gasteiger partial charge in [0.25, 0.3) is 0 Å². The lowest BCUT2D eigenvalue weighted by molar-refractivity contribution is 0.221. The first-order valence-electron chi connectivity index (χ1n) is 7.33. The van der Waals surface area contributed by atoms with Crippen LogP contribution in [-0.2, 0) is 6.73 Å². The van der Waals surface area contributed by atoms with Crippen molar-refractivity contribution in [1.29, 1.82) is 0 Å². The Kier molecular flexibility index (Phi) is 5.57. The van der Waals surface area contributed by atoms with Crippen LogP contribution in [-0.4, -0.2) is 15.8 Å². The summed E-state index contributed by atoms with van der Waals surface area (Å²) in [7, 11) is 0. The molecule has 1 heterocycles. The van der Waals surface area contributed by atoms with Crippen LogP contribution in [0.2, 0.25) is 5.02 Å². The van der Waals surface area contributed by atoms with E-state index in [-0.39, 0.29) is 12.8 Å². The quantitative estimate of drug-likeness (QED) is 0.610. The maximum atomic E-state index is 12.0. The highest BCUT2D eigenvalue weighted by molar-refractivity contribution is 9.10. The van der Waals surface area contributed by atoms with Crippen LogP contribution >= 0.6 is 27.5 Å². The molecular weight excluding hydrogens is 408 g/mol. The smallest absolute Gasteiger partial charge is 0.323 e. The number of halogens is 2. The number of ether oxygens (including phenoxy) is 1. The fraction of sp³-hybridized carbons (Fsp3) is 0.0588. The zero-order chi connectivity index (χ0) is 17.6. The van der Waals surface area contributed by atoms with Gasteiger partial charge in [0.05, 0.1) is 18.1 Å². The Balaban J connectivity index is 1.51. The van der Waals surface area contributed by atoms with Crippen molar-refractivity contribution < 1.29 is 9.53 Å². The fourth-order valence-corrected chi connectivity index (χ4v) is 2.39. The SMILES string of the molecule is O=C(Nc1ccc(Cl)cc1)Nc1cnn(COc2ccc(Br)cc2)c1. The number of benzene rings is 2. The molecule has 0 saturated carbocycles. The van der Waals surface area contributed by atoms with Gasteiger partial charge in [0.2, 0.25) is 0 Å². The highest BCUT2D eigenvalue weighted by Crippen LogP contribution is 2.17. The Morgan fingerprint density at radius 1 is 1.08 bits per heavy atom. The topological polar surface area (TPSA) is 68.2 Å². The summed E-state index contributed by atoms with van der Waals surface area (Å²) in [6, 6.07) is 14.0. The molecule has 0 bridgehead atoms. The third-order valence-electron chi connectivity index (χ3n) is 3.17. The maximum Gasteiger partial charge on any atom is 0.323 e. The number of anilines is 2. The summed E-state index contributed by atoms with van der Waals surface area (Å²) in [6.07, 6.45) is 3.23. The van der Waals surface area contributed by atoms with Crippen LogP contribution in [0.25, 0.3) is 0 Å². The molecule has 25 heavy (non-hydrogen) atoms. The second-order valence-corrected chi connectivity index (χ2v) is 6.43. The first-order chi connectivity index (χ1) is 12.1. The molecule has 1 aromatic heterocycles. The molecule has 0 spiro atoms. The van der Waals surface area contributed by atoms with Gasteiger partial charge < -0.3 is 15.4 Å². The van der Waals surface area contributed by atoms with E-state index < -0.39 is 0 Å². The molecule has 0 fully saturated rings. The molecule has 0 radical (unpaired) electrons. The molecule has 2 amide bonds. The van der Waals surface area contributed by atoms with E-state index in [2.05, 4.69) is 31.7 Å². The highest BCUT2D eigenvalue weighted by Gasteiger charge is 2.05. The van der Waals surface area contributed by atoms with Crippen LogP contribution in [0, 0.1) is 0 Å². The molecule has 2 N–H and O–H groups in total. The van der Waals surface area contributed by atoms with Crippen molar-refractivity contribution >= 4 is 44.9 Å². The van der Waals surface area contributed by atoms with Crippen LogP contribution in [0.1, 0.15) is 0 Å². The number of aromatic nitrogens is 2. The minimum atomic E-state index is -0.365. The summed E-state index contributed by atoms with van der Waals surface area (Å²) in [6.45, 7) is 0.238. The predicted octanol–water partition coefficient (Wildman–Crippen LogP) is 4.98. The lowest BCUT2D eigenvalue weighted by Gasteiger charge is -2.06. The average Bonchev–Trinajstić information content (AvgIpc) is 3.04. The summed E-state index contributed by atoms with van der Waals surface area (Å²) in [5, 5.41) is 10.2. The Morgan fingerprint density at radius 2 is 1.76 bits per heavy atom. The third kappa shape index (κ3) is 5.23. The van der Waals surface area contributed by atoms with E-state index >= 15 is 0 Å². The molecule has 2 aromatic carbocycles. The normalized spacial score (nSPS) is 10.3. The van der Waals surface area contributed by atoms with Crippen molar-refractivity contribution in [3.63, 3.8) is 0 Å². The summed E-state index contributed by atoms with van der Waals surface area (Å²) in [4.78, 5) is 12.0. The molecular formula is C17H14BrClN4O2. The second kappa shape index (κ2) is 8.04. The molecule has 0 unspecified atom stereocenters. The van der Waals surface area contributed by atoms with E-state index in [9.17, 15) is 4.79 Å². The van der Waals surface area contributed by atoms with Crippen LogP contribution < -0.4 is 15.4 Å². The average molecular weight is 422 g/mol. The van der Waals surface area contributed by atoms with E-state index in [4.69, 9.17) is 16.3 Å². The summed E-state index contributed by atoms with van der Waals surface area (Å²) < 4.78 is 8.18. The van der Waals surface area contributed by atoms with Gasteiger partial charge >= 0.3 is 6.03 Å². The van der Waals surface area contributed by atoms with Crippen LogP contribution in [0.3, 0.4) is 0 Å². The van der Waals surface area contributed by atoms with E-state index in [1.54, 1.807) is 41.3 Å². The first kappa shape index (κ1) is 17.3. The summed E-state index contributed by atoms with van der Waals surface area (Å²) in [5.74, 6) is 0.730. The van der Waals surface area contributed by atoms with E-state index in [1.165, 1.54) is 0 Å². The molecule has 0 aliphatic heterocycles. The molecule has 0 atom stereocenters. The largest absolute Gasteiger partial charge is 0.471 e. The molecule has 3 rings (SSSR count). The Labute approximate surface area is 157 Å². The highest BCUT2D eigenvalue weighted by atomic mass is 79.9. The monoisotopic (exact) mass is 420 g/mol. The van der Waals surface area contributed by atoms with E-state index in [0.29, 0.717) is 16.4 Å². The zero-order valence-corrected chi connectivity index (χ0v) is 15.3. The number of amides is 2. The number of nitrogens with one attached hydrogen (secondary N) is 2. The number of hydrogen-bond acceptors (Lipinski definition) is 3. The van der Waals surface area contributed by atoms with Crippen molar-refractivity contribution in [2.75, 3.05) is 10.6 Å². The van der Waals surface area contributed by atoms with Crippen molar-refractivity contribution in [1.82, 2.24) is 9.78 Å². The number of urea groups is 1. The Morgan fingerprint density at radius 3 is 2.48 bits per heavy atom. The lowest BCUT2D eigenvalue weighted by Crippen LogP contribution is -2.19.